The Balaban J connectivity index is 1.00. The zero-order valence-electron chi connectivity index (χ0n) is 39.0. The average molecular weight is 895 g/mol. The van der Waals surface area contributed by atoms with Gasteiger partial charge in [0.05, 0.1) is 48.4 Å². The van der Waals surface area contributed by atoms with Crippen LogP contribution in [0.3, 0.4) is 0 Å². The summed E-state index contributed by atoms with van der Waals surface area (Å²) in [7, 11) is 2.60. The summed E-state index contributed by atoms with van der Waals surface area (Å²) in [6.45, 7) is 18.0. The lowest BCUT2D eigenvalue weighted by atomic mass is 9.87. The molecule has 5 aromatic rings. The van der Waals surface area contributed by atoms with Gasteiger partial charge in [0, 0.05) is 13.1 Å². The third-order valence-corrected chi connectivity index (χ3v) is 13.4. The molecule has 4 N–H and O–H groups in total. The number of H-pyrrole nitrogens is 2. The van der Waals surface area contributed by atoms with Gasteiger partial charge in [-0.15, -0.1) is 0 Å². The fourth-order valence-corrected chi connectivity index (χ4v) is 9.75. The number of alkyl carbamates (subject to hydrolysis) is 2. The molecule has 2 unspecified atom stereocenters. The van der Waals surface area contributed by atoms with Gasteiger partial charge in [0.1, 0.15) is 23.7 Å². The van der Waals surface area contributed by atoms with Gasteiger partial charge < -0.3 is 39.9 Å². The molecular formula is C52H62N8O6. The van der Waals surface area contributed by atoms with Crippen molar-refractivity contribution >= 4 is 51.6 Å². The van der Waals surface area contributed by atoms with Gasteiger partial charge in [0.25, 0.3) is 0 Å². The Morgan fingerprint density at radius 3 is 1.74 bits per heavy atom. The van der Waals surface area contributed by atoms with Gasteiger partial charge >= 0.3 is 12.2 Å². The second-order valence-electron chi connectivity index (χ2n) is 18.6. The molecule has 2 saturated heterocycles. The molecule has 2 bridgehead atoms. The third kappa shape index (κ3) is 9.50. The van der Waals surface area contributed by atoms with E-state index in [1.165, 1.54) is 30.9 Å². The first-order valence-electron chi connectivity index (χ1n) is 23.2. The molecule has 2 aromatic heterocycles. The SMILES string of the molecule is C=C1/C=C(/c2ccc3nc([C@@H]4CCCN4C(=O)C(NC(=O)OC)C(C)C)[nH]c3c2)C(=C)CCc2ccc(c(-c3ccc4nc([C@@H]5CCCN5C(=O)C(NC(=O)OC)C(C)C)[nH]c4c3)c2)CC1. The highest BCUT2D eigenvalue weighted by Gasteiger charge is 2.39. The van der Waals surface area contributed by atoms with E-state index in [2.05, 4.69) is 82.3 Å². The number of imidazole rings is 2. The Kier molecular flexibility index (Phi) is 13.5. The molecule has 4 atom stereocenters. The minimum absolute atomic E-state index is 0.116. The fourth-order valence-electron chi connectivity index (χ4n) is 9.75. The summed E-state index contributed by atoms with van der Waals surface area (Å²) >= 11 is 0. The van der Waals surface area contributed by atoms with Crippen LogP contribution in [0.15, 0.2) is 85.0 Å². The topological polar surface area (TPSA) is 175 Å². The molecule has 14 heteroatoms. The third-order valence-electron chi connectivity index (χ3n) is 13.4. The number of rotatable bonds is 10. The standard InChI is InChI=1S/C52H62N8O6/c1-29(2)45(57-51(63)65-7)49(61)59-23-9-11-43(59)47-53-39-21-19-35(27-41(39)55-47)37-25-31(5)13-17-34-18-16-33(15-14-32(37)6)26-38(34)36-20-22-40-42(28-36)56-48(54-40)44-12-10-24-60(44)50(62)46(30(3)4)58-52(64)66-8/h16,18-22,25-30,43-46H,5-6,9-15,17,23-24H2,1-4,7-8H3,(H,53,55)(H,54,56)(H,57,63)(H,58,64)/b37-25+/t43-,44-,45?,46?/m0/s1. The maximum Gasteiger partial charge on any atom is 0.407 e. The number of carbonyl (C=O) groups excluding carboxylic acids is 4. The normalized spacial score (nSPS) is 19.7. The molecule has 2 aliphatic carbocycles. The first-order valence-corrected chi connectivity index (χ1v) is 23.2. The lowest BCUT2D eigenvalue weighted by Gasteiger charge is -2.29. The molecule has 2 fully saturated rings. The summed E-state index contributed by atoms with van der Waals surface area (Å²) < 4.78 is 9.62. The van der Waals surface area contributed by atoms with Crippen molar-refractivity contribution in [3.63, 3.8) is 0 Å². The Labute approximate surface area is 386 Å². The smallest absolute Gasteiger partial charge is 0.407 e. The first-order chi connectivity index (χ1) is 31.7. The minimum atomic E-state index is -0.705. The lowest BCUT2D eigenvalue weighted by molar-refractivity contribution is -0.136. The van der Waals surface area contributed by atoms with Crippen LogP contribution in [0.1, 0.15) is 107 Å². The van der Waals surface area contributed by atoms with E-state index >= 15 is 0 Å². The molecule has 2 aliphatic heterocycles. The zero-order chi connectivity index (χ0) is 46.8. The number of hydrogen-bond donors (Lipinski definition) is 4. The zero-order valence-corrected chi connectivity index (χ0v) is 39.0. The van der Waals surface area contributed by atoms with Gasteiger partial charge in [-0.25, -0.2) is 19.6 Å². The van der Waals surface area contributed by atoms with Crippen molar-refractivity contribution < 1.29 is 28.7 Å². The van der Waals surface area contributed by atoms with Gasteiger partial charge in [-0.3, -0.25) is 9.59 Å². The summed E-state index contributed by atoms with van der Waals surface area (Å²) in [4.78, 5) is 72.5. The second-order valence-corrected chi connectivity index (χ2v) is 18.6. The van der Waals surface area contributed by atoms with Crippen LogP contribution in [-0.4, -0.2) is 93.1 Å². The monoisotopic (exact) mass is 894 g/mol. The predicted octanol–water partition coefficient (Wildman–Crippen LogP) is 9.27. The van der Waals surface area contributed by atoms with Crippen molar-refractivity contribution in [2.75, 3.05) is 27.3 Å². The number of aromatic nitrogens is 4. The molecule has 9 rings (SSSR count). The highest BCUT2D eigenvalue weighted by atomic mass is 16.5. The fraction of sp³-hybridized carbons (Fsp3) is 0.423. The molecule has 66 heavy (non-hydrogen) atoms. The van der Waals surface area contributed by atoms with Crippen LogP contribution in [0, 0.1) is 11.8 Å². The molecule has 346 valence electrons. The van der Waals surface area contributed by atoms with Crippen LogP contribution in [0.2, 0.25) is 0 Å². The minimum Gasteiger partial charge on any atom is -0.453 e. The first kappa shape index (κ1) is 45.9. The summed E-state index contributed by atoms with van der Waals surface area (Å²) in [6.07, 6.45) is 7.23. The molecule has 14 nitrogen and oxygen atoms in total. The van der Waals surface area contributed by atoms with E-state index in [1.54, 1.807) is 0 Å². The van der Waals surface area contributed by atoms with E-state index in [0.29, 0.717) is 13.1 Å². The van der Waals surface area contributed by atoms with E-state index in [1.807, 2.05) is 49.6 Å². The summed E-state index contributed by atoms with van der Waals surface area (Å²) in [5.41, 5.74) is 12.2. The van der Waals surface area contributed by atoms with Gasteiger partial charge in [-0.2, -0.15) is 0 Å². The number of ether oxygens (including phenoxy) is 2. The molecule has 4 amide bonds. The van der Waals surface area contributed by atoms with Gasteiger partial charge in [-0.05, 0) is 126 Å². The highest BCUT2D eigenvalue weighted by molar-refractivity contribution is 5.89. The molecule has 4 aliphatic rings. The number of nitrogens with zero attached hydrogens (tertiary/aromatic N) is 4. The molecule has 0 spiro atoms. The Morgan fingerprint density at radius 1 is 0.682 bits per heavy atom. The number of amides is 4. The van der Waals surface area contributed by atoms with Crippen LogP contribution in [0.4, 0.5) is 9.59 Å². The van der Waals surface area contributed by atoms with E-state index in [-0.39, 0.29) is 35.7 Å². The van der Waals surface area contributed by atoms with E-state index < -0.39 is 24.3 Å². The van der Waals surface area contributed by atoms with Crippen molar-refractivity contribution in [3.05, 3.63) is 113 Å². The van der Waals surface area contributed by atoms with Gasteiger partial charge in [-0.1, -0.05) is 82.8 Å². The second kappa shape index (κ2) is 19.4. The van der Waals surface area contributed by atoms with Crippen molar-refractivity contribution in [3.8, 4) is 11.1 Å². The van der Waals surface area contributed by atoms with E-state index in [0.717, 1.165) is 113 Å². The summed E-state index contributed by atoms with van der Waals surface area (Å²) in [5, 5.41) is 5.46. The van der Waals surface area contributed by atoms with Crippen LogP contribution in [-0.2, 0) is 31.9 Å². The summed E-state index contributed by atoms with van der Waals surface area (Å²) in [6, 6.07) is 17.5. The highest BCUT2D eigenvalue weighted by Crippen LogP contribution is 2.38. The number of aromatic amines is 2. The summed E-state index contributed by atoms with van der Waals surface area (Å²) in [5.74, 6) is 0.962. The molecular weight excluding hydrogens is 833 g/mol. The van der Waals surface area contributed by atoms with Crippen molar-refractivity contribution in [1.82, 2.24) is 40.4 Å². The molecule has 0 radical (unpaired) electrons. The van der Waals surface area contributed by atoms with Crippen molar-refractivity contribution in [2.24, 2.45) is 11.8 Å². The number of aryl methyl sites for hydroxylation is 2. The van der Waals surface area contributed by atoms with Crippen LogP contribution in [0.25, 0.3) is 38.8 Å². The quantitative estimate of drug-likeness (QED) is 0.107. The maximum atomic E-state index is 13.8. The van der Waals surface area contributed by atoms with Crippen molar-refractivity contribution in [1.29, 1.82) is 0 Å². The number of fused-ring (bicyclic) bond motifs is 10. The van der Waals surface area contributed by atoms with E-state index in [4.69, 9.17) is 19.4 Å². The largest absolute Gasteiger partial charge is 0.453 e. The van der Waals surface area contributed by atoms with E-state index in [9.17, 15) is 19.2 Å². The number of allylic oxidation sites excluding steroid dienone is 4. The number of carbonyl (C=O) groups is 4. The Morgan fingerprint density at radius 2 is 1.21 bits per heavy atom. The van der Waals surface area contributed by atoms with Crippen LogP contribution < -0.4 is 10.6 Å². The maximum absolute atomic E-state index is 13.8. The van der Waals surface area contributed by atoms with Gasteiger partial charge in [0.15, 0.2) is 0 Å². The molecule has 3 aromatic carbocycles. The number of hydrogen-bond acceptors (Lipinski definition) is 8. The molecule has 4 heterocycles. The number of nitrogens with one attached hydrogen (secondary N) is 4. The van der Waals surface area contributed by atoms with Crippen LogP contribution >= 0.6 is 0 Å². The number of benzene rings is 3. The molecule has 0 saturated carbocycles. The average Bonchev–Trinajstić information content (AvgIpc) is 4.14. The Hall–Kier alpha value is -6.70. The Bertz CT molecular complexity index is 2730. The number of methoxy groups -OCH3 is 2. The van der Waals surface area contributed by atoms with Crippen molar-refractivity contribution in [2.45, 2.75) is 103 Å². The van der Waals surface area contributed by atoms with Gasteiger partial charge in [0.2, 0.25) is 11.8 Å². The number of likely N-dealkylation sites (tertiary alicyclic amines) is 2. The van der Waals surface area contributed by atoms with Crippen LogP contribution in [0.5, 0.6) is 0 Å². The lowest BCUT2D eigenvalue weighted by Crippen LogP contribution is -2.51. The predicted molar refractivity (Wildman–Crippen MR) is 256 cm³/mol.